The summed E-state index contributed by atoms with van der Waals surface area (Å²) in [5.74, 6) is -3.10. The molecule has 1 rings (SSSR count). The normalized spacial score (nSPS) is 11.1. The van der Waals surface area contributed by atoms with Crippen molar-refractivity contribution in [2.24, 2.45) is 27.2 Å². The third-order valence-electron chi connectivity index (χ3n) is 1.75. The Kier molecular flexibility index (Phi) is 4.05. The molecular formula is C9H9ClFN5O2. The fourth-order valence-corrected chi connectivity index (χ4v) is 1.26. The van der Waals surface area contributed by atoms with Crippen molar-refractivity contribution < 1.29 is 14.3 Å². The minimum atomic E-state index is -1.46. The Balaban J connectivity index is 3.30. The van der Waals surface area contributed by atoms with Crippen molar-refractivity contribution in [3.8, 4) is 0 Å². The lowest BCUT2D eigenvalue weighted by molar-refractivity contribution is 0.0692. The minimum absolute atomic E-state index is 0.0574. The highest BCUT2D eigenvalue weighted by Crippen LogP contribution is 2.28. The SMILES string of the molecule is NC(N)=NC(N)=Nc1cc(C(=O)O)c(F)cc1Cl. The molecule has 0 amide bonds. The molecule has 1 aromatic carbocycles. The van der Waals surface area contributed by atoms with E-state index in [1.54, 1.807) is 0 Å². The summed E-state index contributed by atoms with van der Waals surface area (Å²) in [5, 5.41) is 8.61. The quantitative estimate of drug-likeness (QED) is 0.456. The molecule has 1 aromatic rings. The smallest absolute Gasteiger partial charge is 0.338 e. The highest BCUT2D eigenvalue weighted by atomic mass is 35.5. The average Bonchev–Trinajstić information content (AvgIpc) is 2.20. The van der Waals surface area contributed by atoms with Gasteiger partial charge in [0.15, 0.2) is 5.96 Å². The zero-order valence-electron chi connectivity index (χ0n) is 8.89. The number of hydrogen-bond donors (Lipinski definition) is 4. The summed E-state index contributed by atoms with van der Waals surface area (Å²) in [4.78, 5) is 17.8. The van der Waals surface area contributed by atoms with Crippen molar-refractivity contribution in [2.45, 2.75) is 0 Å². The highest BCUT2D eigenvalue weighted by molar-refractivity contribution is 6.33. The monoisotopic (exact) mass is 273 g/mol. The van der Waals surface area contributed by atoms with E-state index in [9.17, 15) is 9.18 Å². The van der Waals surface area contributed by atoms with Gasteiger partial charge in [-0.2, -0.15) is 4.99 Å². The van der Waals surface area contributed by atoms with Crippen LogP contribution in [-0.4, -0.2) is 23.0 Å². The summed E-state index contributed by atoms with van der Waals surface area (Å²) in [6.07, 6.45) is 0. The van der Waals surface area contributed by atoms with Crippen LogP contribution >= 0.6 is 11.6 Å². The van der Waals surface area contributed by atoms with Crippen LogP contribution in [0.1, 0.15) is 10.4 Å². The van der Waals surface area contributed by atoms with Crippen LogP contribution in [0, 0.1) is 5.82 Å². The van der Waals surface area contributed by atoms with Gasteiger partial charge in [-0.3, -0.25) is 0 Å². The van der Waals surface area contributed by atoms with E-state index in [2.05, 4.69) is 9.98 Å². The Bertz CT molecular complexity index is 554. The topological polar surface area (TPSA) is 140 Å². The summed E-state index contributed by atoms with van der Waals surface area (Å²) in [7, 11) is 0. The molecule has 0 fully saturated rings. The number of rotatable bonds is 2. The maximum absolute atomic E-state index is 13.2. The molecule has 0 saturated carbocycles. The number of carbonyl (C=O) groups is 1. The number of guanidine groups is 2. The molecule has 9 heteroatoms. The predicted molar refractivity (Wildman–Crippen MR) is 65.5 cm³/mol. The molecule has 0 spiro atoms. The summed E-state index contributed by atoms with van der Waals surface area (Å²) >= 11 is 5.68. The zero-order valence-corrected chi connectivity index (χ0v) is 9.65. The molecule has 0 heterocycles. The van der Waals surface area contributed by atoms with Crippen molar-refractivity contribution in [1.29, 1.82) is 0 Å². The van der Waals surface area contributed by atoms with E-state index in [4.69, 9.17) is 33.9 Å². The first-order valence-electron chi connectivity index (χ1n) is 4.47. The number of halogens is 2. The first-order chi connectivity index (χ1) is 8.31. The van der Waals surface area contributed by atoms with Gasteiger partial charge in [0.25, 0.3) is 0 Å². The fourth-order valence-electron chi connectivity index (χ4n) is 1.07. The van der Waals surface area contributed by atoms with Crippen LogP contribution < -0.4 is 17.2 Å². The van der Waals surface area contributed by atoms with Crippen LogP contribution in [0.4, 0.5) is 10.1 Å². The molecule has 0 unspecified atom stereocenters. The number of hydrogen-bond acceptors (Lipinski definition) is 2. The van der Waals surface area contributed by atoms with E-state index in [0.29, 0.717) is 0 Å². The molecule has 0 aliphatic carbocycles. The van der Waals surface area contributed by atoms with Crippen LogP contribution in [0.15, 0.2) is 22.1 Å². The van der Waals surface area contributed by atoms with Crippen LogP contribution in [0.25, 0.3) is 0 Å². The Labute approximate surface area is 106 Å². The predicted octanol–water partition coefficient (Wildman–Crippen LogP) is 0.397. The Morgan fingerprint density at radius 2 is 1.94 bits per heavy atom. The molecule has 0 atom stereocenters. The van der Waals surface area contributed by atoms with E-state index < -0.39 is 17.3 Å². The molecule has 0 radical (unpaired) electrons. The van der Waals surface area contributed by atoms with Gasteiger partial charge in [0.05, 0.1) is 16.3 Å². The lowest BCUT2D eigenvalue weighted by Crippen LogP contribution is -2.26. The van der Waals surface area contributed by atoms with E-state index in [1.165, 1.54) is 0 Å². The van der Waals surface area contributed by atoms with Gasteiger partial charge in [-0.15, -0.1) is 0 Å². The Hall–Kier alpha value is -2.35. The molecule has 0 saturated heterocycles. The molecule has 0 aliphatic heterocycles. The summed E-state index contributed by atoms with van der Waals surface area (Å²) in [5.41, 5.74) is 14.8. The number of nitrogens with zero attached hydrogens (tertiary/aromatic N) is 2. The van der Waals surface area contributed by atoms with Gasteiger partial charge < -0.3 is 22.3 Å². The third kappa shape index (κ3) is 3.32. The van der Waals surface area contributed by atoms with Gasteiger partial charge in [-0.25, -0.2) is 14.2 Å². The van der Waals surface area contributed by atoms with Crippen molar-refractivity contribution in [1.82, 2.24) is 0 Å². The molecule has 0 bridgehead atoms. The fraction of sp³-hybridized carbons (Fsp3) is 0. The first-order valence-corrected chi connectivity index (χ1v) is 4.85. The third-order valence-corrected chi connectivity index (χ3v) is 2.05. The summed E-state index contributed by atoms with van der Waals surface area (Å²) in [6, 6.07) is 1.74. The minimum Gasteiger partial charge on any atom is -0.478 e. The number of carboxylic acids is 1. The van der Waals surface area contributed by atoms with Gasteiger partial charge in [0.1, 0.15) is 5.82 Å². The van der Waals surface area contributed by atoms with Crippen LogP contribution in [-0.2, 0) is 0 Å². The van der Waals surface area contributed by atoms with E-state index >= 15 is 0 Å². The number of benzene rings is 1. The molecular weight excluding hydrogens is 265 g/mol. The standard InChI is InChI=1S/C9H9ClFN5O2/c10-4-2-5(11)3(7(17)18)1-6(4)15-9(14)16-8(12)13/h1-2H,(H,17,18)(H6,12,13,14,15,16). The van der Waals surface area contributed by atoms with E-state index in [0.717, 1.165) is 12.1 Å². The van der Waals surface area contributed by atoms with Gasteiger partial charge >= 0.3 is 5.97 Å². The van der Waals surface area contributed by atoms with Gasteiger partial charge in [-0.1, -0.05) is 11.6 Å². The lowest BCUT2D eigenvalue weighted by atomic mass is 10.2. The molecule has 18 heavy (non-hydrogen) atoms. The van der Waals surface area contributed by atoms with Crippen LogP contribution in [0.3, 0.4) is 0 Å². The maximum atomic E-state index is 13.2. The number of aliphatic imine (C=N–C) groups is 2. The average molecular weight is 274 g/mol. The summed E-state index contributed by atoms with van der Waals surface area (Å²) < 4.78 is 13.2. The van der Waals surface area contributed by atoms with Crippen LogP contribution in [0.2, 0.25) is 5.02 Å². The van der Waals surface area contributed by atoms with E-state index in [1.807, 2.05) is 0 Å². The maximum Gasteiger partial charge on any atom is 0.338 e. The van der Waals surface area contributed by atoms with Gasteiger partial charge in [-0.05, 0) is 12.1 Å². The van der Waals surface area contributed by atoms with E-state index in [-0.39, 0.29) is 22.6 Å². The molecule has 7 N–H and O–H groups in total. The van der Waals surface area contributed by atoms with Crippen molar-refractivity contribution in [3.63, 3.8) is 0 Å². The second-order valence-corrected chi connectivity index (χ2v) is 3.50. The Morgan fingerprint density at radius 3 is 2.44 bits per heavy atom. The van der Waals surface area contributed by atoms with Crippen molar-refractivity contribution >= 4 is 35.2 Å². The van der Waals surface area contributed by atoms with Gasteiger partial charge in [0.2, 0.25) is 5.96 Å². The molecule has 0 aliphatic rings. The Morgan fingerprint density at radius 1 is 1.33 bits per heavy atom. The lowest BCUT2D eigenvalue weighted by Gasteiger charge is -2.03. The highest BCUT2D eigenvalue weighted by Gasteiger charge is 2.14. The number of nitrogens with two attached hydrogens (primary N) is 3. The summed E-state index contributed by atoms with van der Waals surface area (Å²) in [6.45, 7) is 0. The second kappa shape index (κ2) is 5.32. The largest absolute Gasteiger partial charge is 0.478 e. The number of carboxylic acid groups (broad SMARTS) is 1. The molecule has 7 nitrogen and oxygen atoms in total. The van der Waals surface area contributed by atoms with Gasteiger partial charge in [0, 0.05) is 0 Å². The first kappa shape index (κ1) is 13.7. The zero-order chi connectivity index (χ0) is 13.9. The van der Waals surface area contributed by atoms with Crippen molar-refractivity contribution in [3.05, 3.63) is 28.5 Å². The molecule has 0 aromatic heterocycles. The number of aromatic carboxylic acids is 1. The molecule has 96 valence electrons. The van der Waals surface area contributed by atoms with Crippen LogP contribution in [0.5, 0.6) is 0 Å². The van der Waals surface area contributed by atoms with Crippen molar-refractivity contribution in [2.75, 3.05) is 0 Å². The second-order valence-electron chi connectivity index (χ2n) is 3.10.